The highest BCUT2D eigenvalue weighted by molar-refractivity contribution is 7.13. The Morgan fingerprint density at radius 3 is 1.23 bits per heavy atom. The first kappa shape index (κ1) is 65.4. The standard InChI is InChI=1S/C60H86N8O12S2/c1-39-51(81-37-63-39)43-19-15-41(16-20-43)31-61-55(73)47-29-45(69)33-67(47)57(75)53(59(3,4)5)65-49(71)35-79-25-13-9-11-23-77-27-28-78-24-12-10-14-26-80-36-50(72)66-54(60(6,7)8)58(76)68-34-46(70)30-48(68)56(74)62-32-42-17-21-44(22-18-42)52-40(2)64-38-82-52/h15-22,37-38,45-48,53-54,69-70H,9-14,23-36H2,1-8H3,(H,61,73)(H,62,74)(H,65,71)(H,66,72)/t45-,46-,47+,48+,53-,54-/m1/s1. The Balaban J connectivity index is 0.763. The fourth-order valence-electron chi connectivity index (χ4n) is 9.79. The number of β-amino-alcohol motifs (C(OH)–C–C–N with tert-alkyl or cyclic N) is 2. The molecule has 2 aromatic heterocycles. The van der Waals surface area contributed by atoms with Gasteiger partial charge in [-0.25, -0.2) is 9.97 Å². The van der Waals surface area contributed by atoms with Crippen molar-refractivity contribution in [3.63, 3.8) is 0 Å². The summed E-state index contributed by atoms with van der Waals surface area (Å²) in [6, 6.07) is 12.1. The van der Waals surface area contributed by atoms with Crippen molar-refractivity contribution in [2.75, 3.05) is 65.9 Å². The van der Waals surface area contributed by atoms with E-state index in [-0.39, 0.29) is 64.0 Å². The molecule has 2 saturated heterocycles. The number of aliphatic hydroxyl groups is 2. The lowest BCUT2D eigenvalue weighted by atomic mass is 9.85. The van der Waals surface area contributed by atoms with Crippen molar-refractivity contribution in [3.05, 3.63) is 82.1 Å². The summed E-state index contributed by atoms with van der Waals surface area (Å²) in [5, 5.41) is 32.7. The number of aliphatic hydroxyl groups excluding tert-OH is 2. The summed E-state index contributed by atoms with van der Waals surface area (Å²) in [7, 11) is 0. The Bertz CT molecular complexity index is 2510. The summed E-state index contributed by atoms with van der Waals surface area (Å²) >= 11 is 3.14. The fraction of sp³-hybridized carbons (Fsp3) is 0.600. The molecule has 450 valence electrons. The van der Waals surface area contributed by atoms with Crippen LogP contribution in [0, 0.1) is 24.7 Å². The van der Waals surface area contributed by atoms with Crippen molar-refractivity contribution in [2.24, 2.45) is 10.8 Å². The molecule has 0 saturated carbocycles. The Labute approximate surface area is 490 Å². The monoisotopic (exact) mass is 1170 g/mol. The van der Waals surface area contributed by atoms with Crippen molar-refractivity contribution >= 4 is 58.1 Å². The van der Waals surface area contributed by atoms with Gasteiger partial charge in [0.15, 0.2) is 0 Å². The van der Waals surface area contributed by atoms with Gasteiger partial charge < -0.3 is 60.2 Å². The fourth-order valence-corrected chi connectivity index (χ4v) is 11.4. The van der Waals surface area contributed by atoms with E-state index in [4.69, 9.17) is 18.9 Å². The maximum Gasteiger partial charge on any atom is 0.246 e. The van der Waals surface area contributed by atoms with Crippen LogP contribution < -0.4 is 21.3 Å². The first-order valence-electron chi connectivity index (χ1n) is 28.5. The molecule has 2 aromatic carbocycles. The highest BCUT2D eigenvalue weighted by Crippen LogP contribution is 2.31. The average molecular weight is 1180 g/mol. The number of carbonyl (C=O) groups is 6. The van der Waals surface area contributed by atoms with E-state index in [0.717, 1.165) is 81.9 Å². The molecule has 20 nitrogen and oxygen atoms in total. The topological polar surface area (TPSA) is 260 Å². The molecule has 4 aromatic rings. The number of aryl methyl sites for hydroxylation is 2. The second-order valence-electron chi connectivity index (χ2n) is 23.3. The summed E-state index contributed by atoms with van der Waals surface area (Å²) < 4.78 is 22.7. The number of aromatic nitrogens is 2. The highest BCUT2D eigenvalue weighted by atomic mass is 32.1. The highest BCUT2D eigenvalue weighted by Gasteiger charge is 2.46. The van der Waals surface area contributed by atoms with Gasteiger partial charge in [-0.2, -0.15) is 0 Å². The number of nitrogens with one attached hydrogen (secondary N) is 4. The number of carbonyl (C=O) groups excluding carboxylic acids is 6. The Morgan fingerprint density at radius 1 is 0.549 bits per heavy atom. The molecule has 0 spiro atoms. The lowest BCUT2D eigenvalue weighted by molar-refractivity contribution is -0.144. The second kappa shape index (κ2) is 31.8. The van der Waals surface area contributed by atoms with E-state index in [9.17, 15) is 39.0 Å². The largest absolute Gasteiger partial charge is 0.391 e. The minimum atomic E-state index is -0.950. The van der Waals surface area contributed by atoms with E-state index in [2.05, 4.69) is 31.2 Å². The van der Waals surface area contributed by atoms with Gasteiger partial charge in [-0.15, -0.1) is 22.7 Å². The first-order chi connectivity index (χ1) is 39.1. The number of hydrogen-bond acceptors (Lipinski definition) is 16. The quantitative estimate of drug-likeness (QED) is 0.0322. The smallest absolute Gasteiger partial charge is 0.246 e. The number of unbranched alkanes of at least 4 members (excludes halogenated alkanes) is 4. The molecule has 4 heterocycles. The second-order valence-corrected chi connectivity index (χ2v) is 25.0. The maximum absolute atomic E-state index is 14.0. The van der Waals surface area contributed by atoms with Crippen LogP contribution in [0.5, 0.6) is 0 Å². The summed E-state index contributed by atoms with van der Waals surface area (Å²) in [5.41, 5.74) is 8.04. The molecular formula is C60H86N8O12S2. The van der Waals surface area contributed by atoms with Crippen LogP contribution in [-0.4, -0.2) is 168 Å². The molecule has 2 aliphatic rings. The van der Waals surface area contributed by atoms with Crippen molar-refractivity contribution in [1.82, 2.24) is 41.0 Å². The summed E-state index contributed by atoms with van der Waals surface area (Å²) in [5.74, 6) is -2.49. The molecule has 6 N–H and O–H groups in total. The van der Waals surface area contributed by atoms with Crippen molar-refractivity contribution in [3.8, 4) is 20.9 Å². The lowest BCUT2D eigenvalue weighted by Gasteiger charge is -2.35. The van der Waals surface area contributed by atoms with Crippen LogP contribution in [0.4, 0.5) is 0 Å². The number of amides is 6. The Hall–Kier alpha value is -5.72. The van der Waals surface area contributed by atoms with E-state index >= 15 is 0 Å². The number of ether oxygens (including phenoxy) is 4. The Kier molecular flexibility index (Phi) is 25.4. The van der Waals surface area contributed by atoms with Gasteiger partial charge in [-0.1, -0.05) is 90.1 Å². The zero-order chi connectivity index (χ0) is 59.4. The molecule has 2 fully saturated rings. The van der Waals surface area contributed by atoms with Gasteiger partial charge in [0.05, 0.1) is 57.6 Å². The minimum Gasteiger partial charge on any atom is -0.391 e. The SMILES string of the molecule is Cc1ncsc1-c1ccc(CNC(=O)[C@@H]2C[C@@H](O)CN2C(=O)[C@@H](NC(=O)COCCCCCOCCOCCCCCOCC(=O)N[C@H](C(=O)N2C[C@H](O)C[C@H]2C(=O)NCc2ccc(-c3scnc3C)cc2)C(C)(C)C)C(C)(C)C)cc1. The predicted molar refractivity (Wildman–Crippen MR) is 314 cm³/mol. The van der Waals surface area contributed by atoms with Crippen molar-refractivity contribution in [2.45, 2.75) is 156 Å². The van der Waals surface area contributed by atoms with Gasteiger partial charge in [0.1, 0.15) is 37.4 Å². The van der Waals surface area contributed by atoms with Gasteiger partial charge in [-0.05, 0) is 85.5 Å². The van der Waals surface area contributed by atoms with Crippen LogP contribution in [-0.2, 0) is 60.8 Å². The molecule has 82 heavy (non-hydrogen) atoms. The molecule has 6 atom stereocenters. The summed E-state index contributed by atoms with van der Waals surface area (Å²) in [4.78, 5) is 94.4. The zero-order valence-electron chi connectivity index (χ0n) is 49.0. The van der Waals surface area contributed by atoms with E-state index in [0.29, 0.717) is 39.6 Å². The number of nitrogens with zero attached hydrogens (tertiary/aromatic N) is 4. The molecule has 0 radical (unpaired) electrons. The molecule has 2 aliphatic heterocycles. The van der Waals surface area contributed by atoms with Gasteiger partial charge in [0.25, 0.3) is 0 Å². The Morgan fingerprint density at radius 2 is 0.902 bits per heavy atom. The maximum atomic E-state index is 14.0. The van der Waals surface area contributed by atoms with E-state index in [1.165, 1.54) is 9.80 Å². The normalized spacial score (nSPS) is 18.1. The van der Waals surface area contributed by atoms with Crippen LogP contribution >= 0.6 is 22.7 Å². The number of rotatable bonds is 31. The van der Waals surface area contributed by atoms with Crippen LogP contribution in [0.2, 0.25) is 0 Å². The van der Waals surface area contributed by atoms with Crippen molar-refractivity contribution in [1.29, 1.82) is 0 Å². The van der Waals surface area contributed by atoms with Crippen LogP contribution in [0.1, 0.15) is 115 Å². The third-order valence-corrected chi connectivity index (χ3v) is 16.4. The number of thiazole rings is 2. The number of hydrogen-bond donors (Lipinski definition) is 6. The average Bonchev–Trinajstić information content (AvgIpc) is 4.30. The minimum absolute atomic E-state index is 0.0133. The van der Waals surface area contributed by atoms with Gasteiger partial charge in [0, 0.05) is 65.4 Å². The van der Waals surface area contributed by atoms with E-state index in [1.807, 2.05) is 115 Å². The molecule has 6 rings (SSSR count). The molecule has 0 bridgehead atoms. The lowest BCUT2D eigenvalue weighted by Crippen LogP contribution is -2.58. The number of likely N-dealkylation sites (tertiary alicyclic amines) is 2. The zero-order valence-corrected chi connectivity index (χ0v) is 50.6. The third-order valence-electron chi connectivity index (χ3n) is 14.4. The third kappa shape index (κ3) is 20.0. The predicted octanol–water partition coefficient (Wildman–Crippen LogP) is 5.88. The number of benzene rings is 2. The van der Waals surface area contributed by atoms with Gasteiger partial charge in [-0.3, -0.25) is 28.8 Å². The van der Waals surface area contributed by atoms with Crippen molar-refractivity contribution < 1.29 is 57.9 Å². The molecular weight excluding hydrogens is 1090 g/mol. The molecule has 0 unspecified atom stereocenters. The molecule has 22 heteroatoms. The summed E-state index contributed by atoms with van der Waals surface area (Å²) in [6.45, 7) is 17.8. The van der Waals surface area contributed by atoms with Gasteiger partial charge in [0.2, 0.25) is 35.4 Å². The van der Waals surface area contributed by atoms with Crippen LogP contribution in [0.25, 0.3) is 20.9 Å². The van der Waals surface area contributed by atoms with E-state index in [1.54, 1.807) is 22.7 Å². The van der Waals surface area contributed by atoms with E-state index < -0.39 is 70.8 Å². The van der Waals surface area contributed by atoms with Gasteiger partial charge >= 0.3 is 0 Å². The molecule has 6 amide bonds. The molecule has 0 aliphatic carbocycles. The first-order valence-corrected chi connectivity index (χ1v) is 30.3. The summed E-state index contributed by atoms with van der Waals surface area (Å²) in [6.07, 6.45) is 3.18. The van der Waals surface area contributed by atoms with Crippen LogP contribution in [0.3, 0.4) is 0 Å². The van der Waals surface area contributed by atoms with Crippen LogP contribution in [0.15, 0.2) is 59.6 Å².